The van der Waals surface area contributed by atoms with Crippen LogP contribution in [0.5, 0.6) is 0 Å². The van der Waals surface area contributed by atoms with Crippen molar-refractivity contribution in [3.63, 3.8) is 0 Å². The molecule has 0 aliphatic carbocycles. The van der Waals surface area contributed by atoms with Gasteiger partial charge in [0.2, 0.25) is 0 Å². The predicted molar refractivity (Wildman–Crippen MR) is 321 cm³/mol. The summed E-state index contributed by atoms with van der Waals surface area (Å²) in [4.78, 5) is 71.9. The van der Waals surface area contributed by atoms with E-state index in [2.05, 4.69) is 48.5 Å². The van der Waals surface area contributed by atoms with Gasteiger partial charge in [0.25, 0.3) is 0 Å². The first kappa shape index (κ1) is 79.1. The molecule has 0 saturated carbocycles. The van der Waals surface area contributed by atoms with Crippen molar-refractivity contribution in [1.29, 1.82) is 0 Å². The van der Waals surface area contributed by atoms with Gasteiger partial charge in [0.05, 0.1) is 26.4 Å². The van der Waals surface area contributed by atoms with Crippen LogP contribution in [0.25, 0.3) is 0 Å². The van der Waals surface area contributed by atoms with E-state index >= 15 is 0 Å². The molecular weight excluding hydrogens is 1080 g/mol. The first-order valence-electron chi connectivity index (χ1n) is 32.4. The molecule has 4 unspecified atom stereocenters. The number of unbranched alkanes of at least 4 members (excludes halogenated alkanes) is 26. The first-order valence-corrected chi connectivity index (χ1v) is 35.4. The number of ether oxygens (including phenoxy) is 4. The molecule has 0 aromatic heterocycles. The highest BCUT2D eigenvalue weighted by atomic mass is 31.2. The molecule has 0 aromatic rings. The molecule has 0 fully saturated rings. The van der Waals surface area contributed by atoms with Crippen molar-refractivity contribution >= 4 is 39.5 Å². The molecule has 0 spiro atoms. The lowest BCUT2D eigenvalue weighted by Crippen LogP contribution is -2.30. The van der Waals surface area contributed by atoms with Crippen LogP contribution in [0.4, 0.5) is 0 Å². The van der Waals surface area contributed by atoms with E-state index in [0.717, 1.165) is 114 Å². The van der Waals surface area contributed by atoms with Crippen LogP contribution in [0, 0.1) is 17.8 Å². The fourth-order valence-electron chi connectivity index (χ4n) is 9.06. The largest absolute Gasteiger partial charge is 0.472 e. The first-order chi connectivity index (χ1) is 38.8. The van der Waals surface area contributed by atoms with Crippen molar-refractivity contribution in [2.45, 2.75) is 317 Å². The van der Waals surface area contributed by atoms with Crippen LogP contribution < -0.4 is 0 Å². The lowest BCUT2D eigenvalue weighted by Gasteiger charge is -2.21. The van der Waals surface area contributed by atoms with E-state index in [1.165, 1.54) is 103 Å². The summed E-state index contributed by atoms with van der Waals surface area (Å²) >= 11 is 0. The molecule has 81 heavy (non-hydrogen) atoms. The monoisotopic (exact) mass is 1200 g/mol. The lowest BCUT2D eigenvalue weighted by atomic mass is 9.99. The third-order valence-electron chi connectivity index (χ3n) is 14.9. The van der Waals surface area contributed by atoms with Gasteiger partial charge in [-0.2, -0.15) is 0 Å². The maximum Gasteiger partial charge on any atom is 0.472 e. The number of esters is 4. The Balaban J connectivity index is 5.20. The predicted octanol–water partition coefficient (Wildman–Crippen LogP) is 16.7. The van der Waals surface area contributed by atoms with Crippen LogP contribution in [0.3, 0.4) is 0 Å². The van der Waals surface area contributed by atoms with Crippen molar-refractivity contribution in [3.05, 3.63) is 0 Å². The van der Waals surface area contributed by atoms with E-state index in [-0.39, 0.29) is 25.7 Å². The van der Waals surface area contributed by atoms with Crippen molar-refractivity contribution in [1.82, 2.24) is 0 Å². The molecule has 7 atom stereocenters. The van der Waals surface area contributed by atoms with Crippen molar-refractivity contribution < 1.29 is 80.2 Å². The van der Waals surface area contributed by atoms with Crippen molar-refractivity contribution in [2.24, 2.45) is 17.8 Å². The standard InChI is InChI=1S/C62H120O17P2/c1-8-11-12-26-36-43-59(64)72-49-57(78-62(67)46-39-32-25-19-17-22-29-35-42-55(7)10-3)51-76-80(68,69)74-47-56(63)48-75-81(70,71)77-52-58(79-61(66)45-38-31-24-15-13-14-20-27-33-40-53(4)5)50-73-60(65)44-37-30-23-18-16-21-28-34-41-54(6)9-2/h53-58,63H,8-52H2,1-7H3,(H,68,69)(H,70,71)/t54?,55?,56-,57+,58+/m0/s1. The summed E-state index contributed by atoms with van der Waals surface area (Å²) in [5.41, 5.74) is 0. The molecule has 0 amide bonds. The zero-order valence-electron chi connectivity index (χ0n) is 52.2. The normalized spacial score (nSPS) is 15.1. The Kier molecular flexibility index (Phi) is 52.2. The molecule has 480 valence electrons. The fraction of sp³-hybridized carbons (Fsp3) is 0.935. The Bertz CT molecular complexity index is 1620. The van der Waals surface area contributed by atoms with E-state index in [0.29, 0.717) is 25.7 Å². The number of carbonyl (C=O) groups is 4. The molecule has 0 aliphatic rings. The summed E-state index contributed by atoms with van der Waals surface area (Å²) in [5.74, 6) is 0.133. The molecule has 19 heteroatoms. The molecule has 17 nitrogen and oxygen atoms in total. The third-order valence-corrected chi connectivity index (χ3v) is 16.8. The second-order valence-electron chi connectivity index (χ2n) is 23.4. The zero-order chi connectivity index (χ0) is 60.3. The highest BCUT2D eigenvalue weighted by Gasteiger charge is 2.30. The highest BCUT2D eigenvalue weighted by Crippen LogP contribution is 2.45. The number of aliphatic hydroxyl groups excluding tert-OH is 1. The minimum absolute atomic E-state index is 0.103. The van der Waals surface area contributed by atoms with E-state index in [4.69, 9.17) is 37.0 Å². The van der Waals surface area contributed by atoms with E-state index in [1.807, 2.05) is 0 Å². The van der Waals surface area contributed by atoms with Crippen LogP contribution in [0.2, 0.25) is 0 Å². The number of hydrogen-bond donors (Lipinski definition) is 3. The average molecular weight is 1200 g/mol. The van der Waals surface area contributed by atoms with Gasteiger partial charge in [-0.15, -0.1) is 0 Å². The summed E-state index contributed by atoms with van der Waals surface area (Å²) in [6.45, 7) is 11.7. The Labute approximate surface area is 492 Å². The van der Waals surface area contributed by atoms with Gasteiger partial charge >= 0.3 is 39.5 Å². The highest BCUT2D eigenvalue weighted by molar-refractivity contribution is 7.47. The number of phosphoric acid groups is 2. The van der Waals surface area contributed by atoms with Crippen molar-refractivity contribution in [3.8, 4) is 0 Å². The van der Waals surface area contributed by atoms with Crippen molar-refractivity contribution in [2.75, 3.05) is 39.6 Å². The maximum absolute atomic E-state index is 12.9. The number of rotatable bonds is 60. The van der Waals surface area contributed by atoms with Gasteiger partial charge < -0.3 is 33.8 Å². The topological polar surface area (TPSA) is 237 Å². The SMILES string of the molecule is CCCCCCCC(=O)OC[C@H](COP(=O)(O)OC[C@H](O)COP(=O)(O)OC[C@@H](COC(=O)CCCCCCCCCCC(C)CC)OC(=O)CCCCCCCCCCCC(C)C)OC(=O)CCCCCCCCCCC(C)CC. The summed E-state index contributed by atoms with van der Waals surface area (Å²) in [5, 5.41) is 10.5. The Hall–Kier alpha value is -1.94. The van der Waals surface area contributed by atoms with Crippen LogP contribution in [0.1, 0.15) is 299 Å². The minimum atomic E-state index is -4.94. The summed E-state index contributed by atoms with van der Waals surface area (Å²) < 4.78 is 67.7. The van der Waals surface area contributed by atoms with Gasteiger partial charge in [-0.25, -0.2) is 9.13 Å². The number of hydrogen-bond acceptors (Lipinski definition) is 15. The molecule has 0 rings (SSSR count). The van der Waals surface area contributed by atoms with E-state index in [9.17, 15) is 43.2 Å². The van der Waals surface area contributed by atoms with Crippen LogP contribution in [-0.2, 0) is 65.4 Å². The molecule has 0 heterocycles. The van der Waals surface area contributed by atoms with E-state index < -0.39 is 97.5 Å². The smallest absolute Gasteiger partial charge is 0.462 e. The third kappa shape index (κ3) is 54.5. The van der Waals surface area contributed by atoms with Gasteiger partial charge in [0.1, 0.15) is 19.3 Å². The number of carbonyl (C=O) groups excluding carboxylic acids is 4. The zero-order valence-corrected chi connectivity index (χ0v) is 54.0. The lowest BCUT2D eigenvalue weighted by molar-refractivity contribution is -0.161. The molecular formula is C62H120O17P2. The second kappa shape index (κ2) is 53.5. The molecule has 0 bridgehead atoms. The van der Waals surface area contributed by atoms with Crippen LogP contribution >= 0.6 is 15.6 Å². The van der Waals surface area contributed by atoms with E-state index in [1.54, 1.807) is 0 Å². The molecule has 0 saturated heterocycles. The summed E-state index contributed by atoms with van der Waals surface area (Å²) in [6, 6.07) is 0. The van der Waals surface area contributed by atoms with Crippen LogP contribution in [0.15, 0.2) is 0 Å². The number of phosphoric ester groups is 2. The van der Waals surface area contributed by atoms with Gasteiger partial charge in [-0.3, -0.25) is 37.3 Å². The molecule has 0 radical (unpaired) electrons. The Morgan fingerprint density at radius 3 is 0.938 bits per heavy atom. The fourth-order valence-corrected chi connectivity index (χ4v) is 10.6. The van der Waals surface area contributed by atoms with Gasteiger partial charge in [0.15, 0.2) is 12.2 Å². The molecule has 0 aliphatic heterocycles. The van der Waals surface area contributed by atoms with Gasteiger partial charge in [-0.05, 0) is 43.4 Å². The van der Waals surface area contributed by atoms with Gasteiger partial charge in [-0.1, -0.05) is 248 Å². The Morgan fingerprint density at radius 2 is 0.630 bits per heavy atom. The quantitative estimate of drug-likeness (QED) is 0.0222. The summed E-state index contributed by atoms with van der Waals surface area (Å²) in [7, 11) is -9.88. The average Bonchev–Trinajstić information content (AvgIpc) is 3.43. The maximum atomic E-state index is 12.9. The molecule has 0 aromatic carbocycles. The summed E-state index contributed by atoms with van der Waals surface area (Å²) in [6.07, 6.45) is 33.7. The Morgan fingerprint density at radius 1 is 0.358 bits per heavy atom. The van der Waals surface area contributed by atoms with Gasteiger partial charge in [0, 0.05) is 25.7 Å². The van der Waals surface area contributed by atoms with Crippen LogP contribution in [-0.4, -0.2) is 96.7 Å². The second-order valence-corrected chi connectivity index (χ2v) is 26.3. The molecule has 3 N–H and O–H groups in total. The number of aliphatic hydroxyl groups is 1. The minimum Gasteiger partial charge on any atom is -0.462 e.